The van der Waals surface area contributed by atoms with Crippen LogP contribution in [-0.2, 0) is 4.79 Å². The lowest BCUT2D eigenvalue weighted by molar-refractivity contribution is -0.129. The number of anilines is 2. The molecule has 148 valence electrons. The number of carbonyl (C=O) groups excluding carboxylic acids is 1. The fourth-order valence-corrected chi connectivity index (χ4v) is 6.17. The quantitative estimate of drug-likeness (QED) is 0.721. The van der Waals surface area contributed by atoms with Crippen molar-refractivity contribution in [3.05, 3.63) is 11.9 Å². The first-order valence-electron chi connectivity index (χ1n) is 10.4. The average molecular weight is 372 g/mol. The number of carbonyl (C=O) groups is 1. The van der Waals surface area contributed by atoms with Gasteiger partial charge in [-0.15, -0.1) is 0 Å². The van der Waals surface area contributed by atoms with Gasteiger partial charge in [0.2, 0.25) is 5.91 Å². The van der Waals surface area contributed by atoms with Crippen LogP contribution in [0.25, 0.3) is 0 Å². The molecule has 6 nitrogen and oxygen atoms in total. The number of hydrogen-bond donors (Lipinski definition) is 2. The Hall–Kier alpha value is -1.85. The molecule has 1 heterocycles. The van der Waals surface area contributed by atoms with E-state index in [2.05, 4.69) is 20.6 Å². The molecule has 4 saturated carbocycles. The maximum Gasteiger partial charge on any atom is 0.220 e. The normalized spacial score (nSPS) is 31.0. The van der Waals surface area contributed by atoms with Gasteiger partial charge in [-0.2, -0.15) is 0 Å². The zero-order chi connectivity index (χ0) is 19.0. The lowest BCUT2D eigenvalue weighted by Crippen LogP contribution is -2.48. The minimum absolute atomic E-state index is 0.228. The third-order valence-electron chi connectivity index (χ3n) is 6.74. The molecule has 0 spiro atoms. The number of nitrogens with one attached hydrogen (secondary N) is 2. The molecule has 4 bridgehead atoms. The summed E-state index contributed by atoms with van der Waals surface area (Å²) in [6.45, 7) is 3.20. The van der Waals surface area contributed by atoms with Crippen molar-refractivity contribution in [3.8, 4) is 0 Å². The Labute approximate surface area is 162 Å². The number of aromatic nitrogens is 2. The fourth-order valence-electron chi connectivity index (χ4n) is 6.17. The van der Waals surface area contributed by atoms with Crippen LogP contribution in [0.4, 0.5) is 11.6 Å². The highest BCUT2D eigenvalue weighted by Gasteiger charge is 2.51. The lowest BCUT2D eigenvalue weighted by Gasteiger charge is -2.56. The van der Waals surface area contributed by atoms with E-state index in [4.69, 9.17) is 0 Å². The summed E-state index contributed by atoms with van der Waals surface area (Å²) >= 11 is 0. The zero-order valence-corrected chi connectivity index (χ0v) is 16.9. The first-order valence-corrected chi connectivity index (χ1v) is 10.4. The Kier molecular flexibility index (Phi) is 4.99. The van der Waals surface area contributed by atoms with E-state index in [1.165, 1.54) is 38.5 Å². The van der Waals surface area contributed by atoms with Crippen molar-refractivity contribution in [2.45, 2.75) is 51.9 Å². The standard InChI is InChI=1S/C21H33N5O/c1-14-24-18(9-19(25-14)26(2)3)22-4-5-23-20(27)13-21-10-15-6-16(11-21)8-17(7-15)12-21/h9,15-17H,4-8,10-13H2,1-3H3,(H,23,27)(H,22,24,25). The molecular weight excluding hydrogens is 338 g/mol. The number of nitrogens with zero attached hydrogens (tertiary/aromatic N) is 3. The van der Waals surface area contributed by atoms with Crippen LogP contribution < -0.4 is 15.5 Å². The van der Waals surface area contributed by atoms with Crippen molar-refractivity contribution < 1.29 is 4.79 Å². The molecule has 5 rings (SSSR count). The number of amides is 1. The molecule has 0 atom stereocenters. The highest BCUT2D eigenvalue weighted by Crippen LogP contribution is 2.61. The van der Waals surface area contributed by atoms with Gasteiger partial charge in [0.25, 0.3) is 0 Å². The zero-order valence-electron chi connectivity index (χ0n) is 16.9. The summed E-state index contributed by atoms with van der Waals surface area (Å²) in [6, 6.07) is 1.93. The van der Waals surface area contributed by atoms with Gasteiger partial charge in [0.05, 0.1) is 0 Å². The predicted octanol–water partition coefficient (Wildman–Crippen LogP) is 2.99. The van der Waals surface area contributed by atoms with Crippen LogP contribution >= 0.6 is 0 Å². The van der Waals surface area contributed by atoms with Gasteiger partial charge in [-0.05, 0) is 68.6 Å². The second-order valence-electron chi connectivity index (χ2n) is 9.42. The molecule has 0 aliphatic heterocycles. The summed E-state index contributed by atoms with van der Waals surface area (Å²) in [5.41, 5.74) is 0.316. The van der Waals surface area contributed by atoms with Crippen molar-refractivity contribution in [1.29, 1.82) is 0 Å². The fraction of sp³-hybridized carbons (Fsp3) is 0.762. The molecule has 0 radical (unpaired) electrons. The maximum atomic E-state index is 12.6. The minimum Gasteiger partial charge on any atom is -0.368 e. The summed E-state index contributed by atoms with van der Waals surface area (Å²) in [6.07, 6.45) is 8.89. The van der Waals surface area contributed by atoms with Gasteiger partial charge in [0, 0.05) is 39.7 Å². The molecule has 1 aromatic rings. The van der Waals surface area contributed by atoms with E-state index < -0.39 is 0 Å². The van der Waals surface area contributed by atoms with Gasteiger partial charge in [0.1, 0.15) is 17.5 Å². The van der Waals surface area contributed by atoms with Gasteiger partial charge >= 0.3 is 0 Å². The highest BCUT2D eigenvalue weighted by atomic mass is 16.1. The summed E-state index contributed by atoms with van der Waals surface area (Å²) in [5, 5.41) is 6.43. The van der Waals surface area contributed by atoms with Crippen LogP contribution in [0.15, 0.2) is 6.07 Å². The topological polar surface area (TPSA) is 70.2 Å². The van der Waals surface area contributed by atoms with E-state index in [1.54, 1.807) is 0 Å². The van der Waals surface area contributed by atoms with Crippen LogP contribution in [0.2, 0.25) is 0 Å². The molecular formula is C21H33N5O. The third kappa shape index (κ3) is 4.19. The number of rotatable bonds is 7. The van der Waals surface area contributed by atoms with E-state index in [-0.39, 0.29) is 5.91 Å². The summed E-state index contributed by atoms with van der Waals surface area (Å²) in [4.78, 5) is 23.3. The first-order chi connectivity index (χ1) is 12.9. The van der Waals surface area contributed by atoms with Crippen LogP contribution in [0.1, 0.15) is 50.8 Å². The summed E-state index contributed by atoms with van der Waals surface area (Å²) in [5.74, 6) is 5.37. The van der Waals surface area contributed by atoms with Crippen molar-refractivity contribution in [3.63, 3.8) is 0 Å². The van der Waals surface area contributed by atoms with Crippen LogP contribution in [0.5, 0.6) is 0 Å². The van der Waals surface area contributed by atoms with Crippen molar-refractivity contribution >= 4 is 17.5 Å². The van der Waals surface area contributed by atoms with E-state index in [0.29, 0.717) is 18.5 Å². The second-order valence-corrected chi connectivity index (χ2v) is 9.42. The van der Waals surface area contributed by atoms with E-state index in [0.717, 1.165) is 41.6 Å². The summed E-state index contributed by atoms with van der Waals surface area (Å²) < 4.78 is 0. The van der Waals surface area contributed by atoms with Crippen molar-refractivity contribution in [2.24, 2.45) is 23.2 Å². The molecule has 0 saturated heterocycles. The maximum absolute atomic E-state index is 12.6. The SMILES string of the molecule is Cc1nc(NCCNC(=O)CC23CC4CC(CC(C4)C2)C3)cc(N(C)C)n1. The molecule has 6 heteroatoms. The molecule has 0 unspecified atom stereocenters. The predicted molar refractivity (Wildman–Crippen MR) is 108 cm³/mol. The lowest BCUT2D eigenvalue weighted by atomic mass is 9.49. The minimum atomic E-state index is 0.228. The van der Waals surface area contributed by atoms with E-state index in [9.17, 15) is 4.79 Å². The second kappa shape index (κ2) is 7.28. The van der Waals surface area contributed by atoms with Crippen LogP contribution in [0.3, 0.4) is 0 Å². The van der Waals surface area contributed by atoms with Crippen molar-refractivity contribution in [1.82, 2.24) is 15.3 Å². The van der Waals surface area contributed by atoms with Gasteiger partial charge in [-0.25, -0.2) is 9.97 Å². The molecule has 1 amide bonds. The Balaban J connectivity index is 1.24. The molecule has 2 N–H and O–H groups in total. The number of hydrogen-bond acceptors (Lipinski definition) is 5. The average Bonchev–Trinajstić information content (AvgIpc) is 2.56. The van der Waals surface area contributed by atoms with Crippen LogP contribution in [0, 0.1) is 30.1 Å². The first kappa shape index (κ1) is 18.5. The summed E-state index contributed by atoms with van der Waals surface area (Å²) in [7, 11) is 3.94. The number of aryl methyl sites for hydroxylation is 1. The monoisotopic (exact) mass is 371 g/mol. The Bertz CT molecular complexity index is 667. The smallest absolute Gasteiger partial charge is 0.220 e. The van der Waals surface area contributed by atoms with Gasteiger partial charge in [-0.3, -0.25) is 4.79 Å². The van der Waals surface area contributed by atoms with Gasteiger partial charge in [0.15, 0.2) is 0 Å². The Morgan fingerprint density at radius 2 is 1.74 bits per heavy atom. The highest BCUT2D eigenvalue weighted by molar-refractivity contribution is 5.76. The Morgan fingerprint density at radius 3 is 2.33 bits per heavy atom. The van der Waals surface area contributed by atoms with Gasteiger partial charge in [-0.1, -0.05) is 0 Å². The van der Waals surface area contributed by atoms with E-state index in [1.807, 2.05) is 32.0 Å². The molecule has 4 fully saturated rings. The molecule has 4 aliphatic carbocycles. The van der Waals surface area contributed by atoms with E-state index >= 15 is 0 Å². The molecule has 4 aliphatic rings. The third-order valence-corrected chi connectivity index (χ3v) is 6.74. The molecule has 27 heavy (non-hydrogen) atoms. The Morgan fingerprint density at radius 1 is 1.11 bits per heavy atom. The largest absolute Gasteiger partial charge is 0.368 e. The van der Waals surface area contributed by atoms with Crippen LogP contribution in [-0.4, -0.2) is 43.1 Å². The molecule has 0 aromatic carbocycles. The molecule has 1 aromatic heterocycles. The van der Waals surface area contributed by atoms with Gasteiger partial charge < -0.3 is 15.5 Å². The van der Waals surface area contributed by atoms with Crippen molar-refractivity contribution in [2.75, 3.05) is 37.4 Å².